The third-order valence-corrected chi connectivity index (χ3v) is 3.85. The smallest absolute Gasteiger partial charge is 0.188 e. The SMILES string of the molecule is [N-]=[N+]=N[C@@H]1[C@H]2OC3(CCCCC3)O[C@H]2O[C@@H]1C=O. The van der Waals surface area contributed by atoms with Crippen molar-refractivity contribution >= 4 is 6.29 Å². The molecule has 7 nitrogen and oxygen atoms in total. The summed E-state index contributed by atoms with van der Waals surface area (Å²) in [7, 11) is 0. The number of aldehydes is 1. The van der Waals surface area contributed by atoms with E-state index < -0.39 is 30.3 Å². The monoisotopic (exact) mass is 253 g/mol. The Morgan fingerprint density at radius 2 is 2.06 bits per heavy atom. The van der Waals surface area contributed by atoms with Gasteiger partial charge in [0.25, 0.3) is 0 Å². The molecule has 0 amide bonds. The molecule has 2 aliphatic heterocycles. The molecule has 1 aliphatic carbocycles. The van der Waals surface area contributed by atoms with Crippen LogP contribution in [0.25, 0.3) is 10.4 Å². The summed E-state index contributed by atoms with van der Waals surface area (Å²) in [5, 5.41) is 3.62. The predicted molar refractivity (Wildman–Crippen MR) is 59.4 cm³/mol. The van der Waals surface area contributed by atoms with Crippen LogP contribution in [0.1, 0.15) is 32.1 Å². The molecule has 2 heterocycles. The number of rotatable bonds is 2. The zero-order chi connectivity index (χ0) is 12.6. The average molecular weight is 253 g/mol. The molecule has 0 aromatic rings. The fourth-order valence-electron chi connectivity index (χ4n) is 3.00. The molecule has 1 spiro atoms. The fraction of sp³-hybridized carbons (Fsp3) is 0.909. The quantitative estimate of drug-likeness (QED) is 0.324. The second-order valence-electron chi connectivity index (χ2n) is 4.97. The van der Waals surface area contributed by atoms with Crippen LogP contribution in [0.3, 0.4) is 0 Å². The highest BCUT2D eigenvalue weighted by molar-refractivity contribution is 5.58. The van der Waals surface area contributed by atoms with Gasteiger partial charge < -0.3 is 19.0 Å². The standard InChI is InChI=1S/C11H15N3O4/c12-14-13-8-7(6-15)16-10-9(8)17-11(18-10)4-2-1-3-5-11/h6-10H,1-5H2/t7-,8+,9-,10-/m1/s1. The molecule has 2 saturated heterocycles. The van der Waals surface area contributed by atoms with Gasteiger partial charge in [0.15, 0.2) is 12.1 Å². The second kappa shape index (κ2) is 4.51. The molecule has 1 saturated carbocycles. The van der Waals surface area contributed by atoms with Gasteiger partial charge >= 0.3 is 0 Å². The molecule has 0 N–H and O–H groups in total. The molecule has 3 rings (SSSR count). The van der Waals surface area contributed by atoms with Crippen molar-refractivity contribution in [1.29, 1.82) is 0 Å². The molecular formula is C11H15N3O4. The van der Waals surface area contributed by atoms with Gasteiger partial charge in [-0.1, -0.05) is 11.5 Å². The third-order valence-electron chi connectivity index (χ3n) is 3.85. The van der Waals surface area contributed by atoms with Crippen LogP contribution in [0, 0.1) is 0 Å². The summed E-state index contributed by atoms with van der Waals surface area (Å²) < 4.78 is 17.2. The van der Waals surface area contributed by atoms with Crippen molar-refractivity contribution in [3.8, 4) is 0 Å². The number of fused-ring (bicyclic) bond motifs is 1. The molecule has 0 unspecified atom stereocenters. The summed E-state index contributed by atoms with van der Waals surface area (Å²) in [4.78, 5) is 13.6. The first-order valence-electron chi connectivity index (χ1n) is 6.29. The van der Waals surface area contributed by atoms with Crippen molar-refractivity contribution in [2.24, 2.45) is 5.11 Å². The Morgan fingerprint density at radius 3 is 2.72 bits per heavy atom. The maximum absolute atomic E-state index is 10.9. The second-order valence-corrected chi connectivity index (χ2v) is 4.97. The Kier molecular flexibility index (Phi) is 2.99. The summed E-state index contributed by atoms with van der Waals surface area (Å²) in [6, 6.07) is -0.626. The summed E-state index contributed by atoms with van der Waals surface area (Å²) in [6.07, 6.45) is 3.78. The lowest BCUT2D eigenvalue weighted by atomic mass is 9.94. The third kappa shape index (κ3) is 1.80. The van der Waals surface area contributed by atoms with E-state index in [1.54, 1.807) is 0 Å². The number of carbonyl (C=O) groups excluding carboxylic acids is 1. The first-order valence-corrected chi connectivity index (χ1v) is 6.29. The van der Waals surface area contributed by atoms with E-state index in [-0.39, 0.29) is 0 Å². The Morgan fingerprint density at radius 1 is 1.28 bits per heavy atom. The first kappa shape index (κ1) is 11.9. The van der Waals surface area contributed by atoms with Crippen LogP contribution >= 0.6 is 0 Å². The molecule has 4 atom stereocenters. The zero-order valence-electron chi connectivity index (χ0n) is 9.90. The van der Waals surface area contributed by atoms with E-state index in [0.29, 0.717) is 6.29 Å². The van der Waals surface area contributed by atoms with Crippen molar-refractivity contribution in [1.82, 2.24) is 0 Å². The van der Waals surface area contributed by atoms with Crippen molar-refractivity contribution in [2.75, 3.05) is 0 Å². The first-order chi connectivity index (χ1) is 8.78. The summed E-state index contributed by atoms with van der Waals surface area (Å²) in [5.41, 5.74) is 8.55. The lowest BCUT2D eigenvalue weighted by Gasteiger charge is -2.33. The van der Waals surface area contributed by atoms with Gasteiger partial charge in [-0.05, 0) is 18.4 Å². The average Bonchev–Trinajstić information content (AvgIpc) is 2.86. The minimum absolute atomic E-state index is 0.464. The molecule has 3 fully saturated rings. The van der Waals surface area contributed by atoms with Crippen molar-refractivity contribution in [3.63, 3.8) is 0 Å². The minimum Gasteiger partial charge on any atom is -0.341 e. The predicted octanol–water partition coefficient (Wildman–Crippen LogP) is 1.66. The van der Waals surface area contributed by atoms with Gasteiger partial charge in [-0.2, -0.15) is 0 Å². The van der Waals surface area contributed by atoms with Crippen LogP contribution in [0.4, 0.5) is 0 Å². The van der Waals surface area contributed by atoms with E-state index in [2.05, 4.69) is 10.0 Å². The number of ether oxygens (including phenoxy) is 3. The Hall–Kier alpha value is -1.14. The number of nitrogens with zero attached hydrogens (tertiary/aromatic N) is 3. The maximum atomic E-state index is 10.9. The Bertz CT molecular complexity index is 390. The van der Waals surface area contributed by atoms with E-state index in [9.17, 15) is 4.79 Å². The van der Waals surface area contributed by atoms with Gasteiger partial charge in [0.2, 0.25) is 0 Å². The summed E-state index contributed by atoms with van der Waals surface area (Å²) in [5.74, 6) is -0.593. The highest BCUT2D eigenvalue weighted by Crippen LogP contribution is 2.45. The van der Waals surface area contributed by atoms with Gasteiger partial charge in [-0.25, -0.2) is 0 Å². The van der Waals surface area contributed by atoms with E-state index in [1.807, 2.05) is 0 Å². The highest BCUT2D eigenvalue weighted by Gasteiger charge is 2.57. The van der Waals surface area contributed by atoms with E-state index >= 15 is 0 Å². The van der Waals surface area contributed by atoms with E-state index in [4.69, 9.17) is 19.7 Å². The fourth-order valence-corrected chi connectivity index (χ4v) is 3.00. The molecule has 3 aliphatic rings. The zero-order valence-corrected chi connectivity index (χ0v) is 9.90. The Balaban J connectivity index is 1.79. The lowest BCUT2D eigenvalue weighted by molar-refractivity contribution is -0.236. The summed E-state index contributed by atoms with van der Waals surface area (Å²) in [6.45, 7) is 0. The molecule has 0 bridgehead atoms. The van der Waals surface area contributed by atoms with Crippen LogP contribution in [-0.4, -0.2) is 36.6 Å². The Labute approximate surface area is 104 Å². The number of carbonyl (C=O) groups is 1. The van der Waals surface area contributed by atoms with Gasteiger partial charge in [-0.15, -0.1) is 0 Å². The largest absolute Gasteiger partial charge is 0.341 e. The molecular weight excluding hydrogens is 238 g/mol. The number of azide groups is 1. The van der Waals surface area contributed by atoms with Crippen LogP contribution in [0.15, 0.2) is 5.11 Å². The van der Waals surface area contributed by atoms with E-state index in [1.165, 1.54) is 6.42 Å². The molecule has 18 heavy (non-hydrogen) atoms. The minimum atomic E-state index is -0.767. The van der Waals surface area contributed by atoms with Gasteiger partial charge in [0, 0.05) is 17.8 Å². The lowest BCUT2D eigenvalue weighted by Crippen LogP contribution is -2.38. The molecule has 0 aromatic carbocycles. The maximum Gasteiger partial charge on any atom is 0.188 e. The normalized spacial score (nSPS) is 41.3. The topological polar surface area (TPSA) is 93.5 Å². The van der Waals surface area contributed by atoms with Gasteiger partial charge in [0.05, 0.1) is 0 Å². The highest BCUT2D eigenvalue weighted by atomic mass is 16.8. The van der Waals surface area contributed by atoms with Crippen LogP contribution in [-0.2, 0) is 19.0 Å². The molecule has 7 heteroatoms. The van der Waals surface area contributed by atoms with Crippen molar-refractivity contribution in [3.05, 3.63) is 10.4 Å². The number of hydrogen-bond donors (Lipinski definition) is 0. The van der Waals surface area contributed by atoms with Crippen molar-refractivity contribution in [2.45, 2.75) is 62.4 Å². The van der Waals surface area contributed by atoms with Crippen LogP contribution < -0.4 is 0 Å². The van der Waals surface area contributed by atoms with Crippen LogP contribution in [0.5, 0.6) is 0 Å². The molecule has 0 aromatic heterocycles. The van der Waals surface area contributed by atoms with Gasteiger partial charge in [0.1, 0.15) is 24.5 Å². The van der Waals surface area contributed by atoms with Crippen molar-refractivity contribution < 1.29 is 19.0 Å². The molecule has 0 radical (unpaired) electrons. The van der Waals surface area contributed by atoms with Crippen LogP contribution in [0.2, 0.25) is 0 Å². The summed E-state index contributed by atoms with van der Waals surface area (Å²) >= 11 is 0. The van der Waals surface area contributed by atoms with Gasteiger partial charge in [-0.3, -0.25) is 0 Å². The van der Waals surface area contributed by atoms with E-state index in [0.717, 1.165) is 25.7 Å². The molecule has 98 valence electrons. The number of hydrogen-bond acceptors (Lipinski definition) is 5.